The van der Waals surface area contributed by atoms with Crippen molar-refractivity contribution in [1.82, 2.24) is 4.90 Å². The van der Waals surface area contributed by atoms with Gasteiger partial charge in [0.05, 0.1) is 6.61 Å². The zero-order chi connectivity index (χ0) is 10.2. The monoisotopic (exact) mass is 194 g/mol. The van der Waals surface area contributed by atoms with Gasteiger partial charge in [-0.3, -0.25) is 4.90 Å². The third-order valence-corrected chi connectivity index (χ3v) is 2.22. The molecule has 1 aromatic rings. The Balaban J connectivity index is 2.40. The predicted molar refractivity (Wildman–Crippen MR) is 57.5 cm³/mol. The van der Waals surface area contributed by atoms with Gasteiger partial charge in [-0.05, 0) is 12.1 Å². The molecule has 0 amide bonds. The number of likely N-dealkylation sites (N-methyl/N-ethyl adjacent to an activating group) is 1. The van der Waals surface area contributed by atoms with Crippen LogP contribution in [0.15, 0.2) is 30.3 Å². The summed E-state index contributed by atoms with van der Waals surface area (Å²) < 4.78 is 0. The van der Waals surface area contributed by atoms with E-state index in [2.05, 4.69) is 40.9 Å². The zero-order valence-electron chi connectivity index (χ0n) is 8.65. The molecule has 0 aromatic heterocycles. The van der Waals surface area contributed by atoms with Crippen molar-refractivity contribution in [2.24, 2.45) is 5.90 Å². The molecule has 0 heterocycles. The summed E-state index contributed by atoms with van der Waals surface area (Å²) in [6.07, 6.45) is 0. The maximum atomic E-state index is 5.00. The lowest BCUT2D eigenvalue weighted by molar-refractivity contribution is 0.105. The maximum absolute atomic E-state index is 5.00. The van der Waals surface area contributed by atoms with Gasteiger partial charge in [0, 0.05) is 13.1 Å². The lowest BCUT2D eigenvalue weighted by atomic mass is 10.2. The van der Waals surface area contributed by atoms with Gasteiger partial charge in [-0.2, -0.15) is 0 Å². The van der Waals surface area contributed by atoms with E-state index < -0.39 is 0 Å². The van der Waals surface area contributed by atoms with Gasteiger partial charge in [0.15, 0.2) is 0 Å². The normalized spacial score (nSPS) is 10.8. The Morgan fingerprint density at radius 3 is 2.57 bits per heavy atom. The molecule has 1 aromatic carbocycles. The van der Waals surface area contributed by atoms with Gasteiger partial charge in [-0.25, -0.2) is 5.90 Å². The van der Waals surface area contributed by atoms with Gasteiger partial charge in [0.25, 0.3) is 0 Å². The van der Waals surface area contributed by atoms with E-state index >= 15 is 0 Å². The Morgan fingerprint density at radius 1 is 1.29 bits per heavy atom. The molecule has 0 bridgehead atoms. The second-order valence-corrected chi connectivity index (χ2v) is 3.23. The van der Waals surface area contributed by atoms with Gasteiger partial charge < -0.3 is 4.84 Å². The third-order valence-electron chi connectivity index (χ3n) is 2.22. The highest BCUT2D eigenvalue weighted by Gasteiger charge is 2.02. The van der Waals surface area contributed by atoms with E-state index in [4.69, 9.17) is 5.90 Å². The summed E-state index contributed by atoms with van der Waals surface area (Å²) in [5.41, 5.74) is 1.33. The van der Waals surface area contributed by atoms with Crippen molar-refractivity contribution in [3.05, 3.63) is 35.9 Å². The van der Waals surface area contributed by atoms with Crippen LogP contribution in [0.4, 0.5) is 0 Å². The van der Waals surface area contributed by atoms with Crippen molar-refractivity contribution in [1.29, 1.82) is 0 Å². The van der Waals surface area contributed by atoms with Crippen LogP contribution in [0.3, 0.4) is 0 Å². The quantitative estimate of drug-likeness (QED) is 0.696. The summed E-state index contributed by atoms with van der Waals surface area (Å²) >= 11 is 0. The molecule has 0 atom stereocenters. The van der Waals surface area contributed by atoms with Crippen molar-refractivity contribution in [3.63, 3.8) is 0 Å². The van der Waals surface area contributed by atoms with Gasteiger partial charge in [0.1, 0.15) is 0 Å². The number of rotatable bonds is 6. The summed E-state index contributed by atoms with van der Waals surface area (Å²) in [4.78, 5) is 6.86. The van der Waals surface area contributed by atoms with Gasteiger partial charge in [0.2, 0.25) is 0 Å². The highest BCUT2D eigenvalue weighted by atomic mass is 16.6. The van der Waals surface area contributed by atoms with Crippen LogP contribution in [0, 0.1) is 0 Å². The largest absolute Gasteiger partial charge is 0.303 e. The molecule has 0 aliphatic heterocycles. The van der Waals surface area contributed by atoms with E-state index in [1.807, 2.05) is 6.07 Å². The van der Waals surface area contributed by atoms with Crippen LogP contribution in [-0.4, -0.2) is 24.6 Å². The zero-order valence-corrected chi connectivity index (χ0v) is 8.65. The maximum Gasteiger partial charge on any atom is 0.0806 e. The lowest BCUT2D eigenvalue weighted by Gasteiger charge is -2.19. The summed E-state index contributed by atoms with van der Waals surface area (Å²) in [6.45, 7) is 5.57. The first-order valence-corrected chi connectivity index (χ1v) is 4.94. The van der Waals surface area contributed by atoms with Crippen molar-refractivity contribution in [2.75, 3.05) is 19.7 Å². The van der Waals surface area contributed by atoms with Gasteiger partial charge in [-0.15, -0.1) is 0 Å². The van der Waals surface area contributed by atoms with E-state index in [9.17, 15) is 0 Å². The molecule has 0 aliphatic rings. The molecule has 0 fully saturated rings. The molecule has 3 nitrogen and oxygen atoms in total. The van der Waals surface area contributed by atoms with E-state index in [0.717, 1.165) is 19.6 Å². The highest BCUT2D eigenvalue weighted by molar-refractivity contribution is 5.14. The first-order chi connectivity index (χ1) is 6.86. The molecular formula is C11H18N2O. The number of benzene rings is 1. The summed E-state index contributed by atoms with van der Waals surface area (Å²) in [7, 11) is 0. The Morgan fingerprint density at radius 2 is 2.00 bits per heavy atom. The van der Waals surface area contributed by atoms with Crippen LogP contribution in [-0.2, 0) is 11.4 Å². The average molecular weight is 194 g/mol. The van der Waals surface area contributed by atoms with Crippen molar-refractivity contribution >= 4 is 0 Å². The third kappa shape index (κ3) is 3.87. The fourth-order valence-corrected chi connectivity index (χ4v) is 1.37. The van der Waals surface area contributed by atoms with Crippen molar-refractivity contribution < 1.29 is 4.84 Å². The molecule has 0 aliphatic carbocycles. The summed E-state index contributed by atoms with van der Waals surface area (Å²) in [5, 5.41) is 0. The average Bonchev–Trinajstić information content (AvgIpc) is 2.25. The van der Waals surface area contributed by atoms with Crippen molar-refractivity contribution in [2.45, 2.75) is 13.5 Å². The molecule has 0 saturated heterocycles. The molecule has 2 N–H and O–H groups in total. The molecule has 0 saturated carbocycles. The minimum atomic E-state index is 0.584. The Kier molecular flexibility index (Phi) is 5.22. The topological polar surface area (TPSA) is 38.5 Å². The highest BCUT2D eigenvalue weighted by Crippen LogP contribution is 2.03. The minimum absolute atomic E-state index is 0.584. The Labute approximate surface area is 85.4 Å². The lowest BCUT2D eigenvalue weighted by Crippen LogP contribution is -2.27. The minimum Gasteiger partial charge on any atom is -0.303 e. The second-order valence-electron chi connectivity index (χ2n) is 3.23. The molecule has 1 rings (SSSR count). The second kappa shape index (κ2) is 6.54. The number of hydrogen-bond donors (Lipinski definition) is 1. The van der Waals surface area contributed by atoms with E-state index in [0.29, 0.717) is 6.61 Å². The fourth-order valence-electron chi connectivity index (χ4n) is 1.37. The van der Waals surface area contributed by atoms with Gasteiger partial charge in [-0.1, -0.05) is 37.3 Å². The smallest absolute Gasteiger partial charge is 0.0806 e. The van der Waals surface area contributed by atoms with E-state index in [1.165, 1.54) is 5.56 Å². The van der Waals surface area contributed by atoms with Crippen LogP contribution in [0.2, 0.25) is 0 Å². The first kappa shape index (κ1) is 11.2. The predicted octanol–water partition coefficient (Wildman–Crippen LogP) is 1.40. The van der Waals surface area contributed by atoms with Crippen LogP contribution in [0.1, 0.15) is 12.5 Å². The molecule has 0 radical (unpaired) electrons. The first-order valence-electron chi connectivity index (χ1n) is 4.94. The van der Waals surface area contributed by atoms with Gasteiger partial charge >= 0.3 is 0 Å². The molecule has 0 spiro atoms. The SMILES string of the molecule is CCN(CCON)Cc1ccccc1. The van der Waals surface area contributed by atoms with E-state index in [-0.39, 0.29) is 0 Å². The molecular weight excluding hydrogens is 176 g/mol. The molecule has 78 valence electrons. The Hall–Kier alpha value is -0.900. The summed E-state index contributed by atoms with van der Waals surface area (Å²) in [5.74, 6) is 5.00. The molecule has 14 heavy (non-hydrogen) atoms. The number of nitrogens with zero attached hydrogens (tertiary/aromatic N) is 1. The fraction of sp³-hybridized carbons (Fsp3) is 0.455. The molecule has 0 unspecified atom stereocenters. The van der Waals surface area contributed by atoms with Crippen LogP contribution < -0.4 is 5.90 Å². The number of nitrogens with two attached hydrogens (primary N) is 1. The van der Waals surface area contributed by atoms with Crippen molar-refractivity contribution in [3.8, 4) is 0 Å². The van der Waals surface area contributed by atoms with E-state index in [1.54, 1.807) is 0 Å². The van der Waals surface area contributed by atoms with Crippen LogP contribution in [0.5, 0.6) is 0 Å². The Bertz CT molecular complexity index is 238. The van der Waals surface area contributed by atoms with Crippen LogP contribution in [0.25, 0.3) is 0 Å². The van der Waals surface area contributed by atoms with Crippen LogP contribution >= 0.6 is 0 Å². The standard InChI is InChI=1S/C11H18N2O/c1-2-13(8-9-14-12)10-11-6-4-3-5-7-11/h3-7H,2,8-10,12H2,1H3. The number of hydrogen-bond acceptors (Lipinski definition) is 3. The molecule has 3 heteroatoms. The summed E-state index contributed by atoms with van der Waals surface area (Å²) in [6, 6.07) is 10.4.